The van der Waals surface area contributed by atoms with Crippen LogP contribution < -0.4 is 10.2 Å². The molecule has 27 heavy (non-hydrogen) atoms. The third-order valence-corrected chi connectivity index (χ3v) is 4.79. The van der Waals surface area contributed by atoms with E-state index in [1.165, 1.54) is 29.2 Å². The van der Waals surface area contributed by atoms with Gasteiger partial charge in [-0.3, -0.25) is 0 Å². The van der Waals surface area contributed by atoms with Gasteiger partial charge in [0.15, 0.2) is 0 Å². The maximum Gasteiger partial charge on any atom is 0.416 e. The number of rotatable bonds is 7. The SMILES string of the molecule is CCN(Cc1ccccc1)c1nc(NCc2ccc(C(F)(F)F)cc2)ns1. The molecule has 0 saturated carbocycles. The Morgan fingerprint density at radius 3 is 2.33 bits per heavy atom. The number of nitrogens with zero attached hydrogens (tertiary/aromatic N) is 3. The number of hydrogen-bond donors (Lipinski definition) is 1. The molecular weight excluding hydrogens is 373 g/mol. The van der Waals surface area contributed by atoms with Crippen LogP contribution in [-0.4, -0.2) is 15.9 Å². The summed E-state index contributed by atoms with van der Waals surface area (Å²) in [6.45, 7) is 3.95. The number of alkyl halides is 3. The first kappa shape index (κ1) is 19.2. The van der Waals surface area contributed by atoms with Crippen LogP contribution >= 0.6 is 11.5 Å². The molecule has 0 radical (unpaired) electrons. The Hall–Kier alpha value is -2.61. The molecule has 0 saturated heterocycles. The lowest BCUT2D eigenvalue weighted by atomic mass is 10.1. The average molecular weight is 392 g/mol. The molecule has 1 aromatic heterocycles. The Kier molecular flexibility index (Phi) is 5.95. The summed E-state index contributed by atoms with van der Waals surface area (Å²) in [5.41, 5.74) is 1.27. The van der Waals surface area contributed by atoms with E-state index < -0.39 is 11.7 Å². The summed E-state index contributed by atoms with van der Waals surface area (Å²) in [6, 6.07) is 15.2. The standard InChI is InChI=1S/C19H19F3N4S/c1-2-26(13-15-6-4-3-5-7-15)18-24-17(25-27-18)23-12-14-8-10-16(11-9-14)19(20,21)22/h3-11H,2,12-13H2,1H3,(H,23,25). The number of halogens is 3. The maximum atomic E-state index is 12.6. The van der Waals surface area contributed by atoms with Crippen LogP contribution in [0.4, 0.5) is 24.3 Å². The van der Waals surface area contributed by atoms with Gasteiger partial charge in [0, 0.05) is 31.2 Å². The van der Waals surface area contributed by atoms with E-state index in [0.717, 1.165) is 35.9 Å². The van der Waals surface area contributed by atoms with Crippen molar-refractivity contribution in [3.63, 3.8) is 0 Å². The molecule has 3 rings (SSSR count). The zero-order valence-corrected chi connectivity index (χ0v) is 15.5. The summed E-state index contributed by atoms with van der Waals surface area (Å²) in [5, 5.41) is 3.86. The van der Waals surface area contributed by atoms with Crippen molar-refractivity contribution in [3.8, 4) is 0 Å². The quantitative estimate of drug-likeness (QED) is 0.600. The second-order valence-corrected chi connectivity index (χ2v) is 6.68. The Labute approximate surface area is 159 Å². The van der Waals surface area contributed by atoms with Crippen molar-refractivity contribution < 1.29 is 13.2 Å². The maximum absolute atomic E-state index is 12.6. The molecule has 0 bridgehead atoms. The fourth-order valence-corrected chi connectivity index (χ4v) is 3.24. The largest absolute Gasteiger partial charge is 0.416 e. The third-order valence-electron chi connectivity index (χ3n) is 4.02. The molecular formula is C19H19F3N4S. The van der Waals surface area contributed by atoms with Crippen molar-refractivity contribution in [1.29, 1.82) is 0 Å². The molecule has 3 aromatic rings. The minimum Gasteiger partial charge on any atom is -0.349 e. The van der Waals surface area contributed by atoms with E-state index >= 15 is 0 Å². The summed E-state index contributed by atoms with van der Waals surface area (Å²) in [6.07, 6.45) is -4.32. The molecule has 0 unspecified atom stereocenters. The first-order valence-corrected chi connectivity index (χ1v) is 9.25. The minimum atomic E-state index is -4.32. The van der Waals surface area contributed by atoms with Gasteiger partial charge >= 0.3 is 6.18 Å². The molecule has 0 fully saturated rings. The van der Waals surface area contributed by atoms with E-state index in [-0.39, 0.29) is 0 Å². The topological polar surface area (TPSA) is 41.1 Å². The van der Waals surface area contributed by atoms with Gasteiger partial charge in [0.1, 0.15) is 0 Å². The van der Waals surface area contributed by atoms with Gasteiger partial charge in [-0.25, -0.2) is 0 Å². The van der Waals surface area contributed by atoms with Gasteiger partial charge in [-0.05, 0) is 30.2 Å². The van der Waals surface area contributed by atoms with Gasteiger partial charge in [0.2, 0.25) is 11.1 Å². The van der Waals surface area contributed by atoms with E-state index in [0.29, 0.717) is 12.5 Å². The van der Waals surface area contributed by atoms with Crippen LogP contribution in [0.25, 0.3) is 0 Å². The third kappa shape index (κ3) is 5.19. The van der Waals surface area contributed by atoms with E-state index in [4.69, 9.17) is 0 Å². The van der Waals surface area contributed by atoms with E-state index in [1.807, 2.05) is 18.2 Å². The van der Waals surface area contributed by atoms with E-state index in [1.54, 1.807) is 0 Å². The Bertz CT molecular complexity index is 847. The second-order valence-electron chi connectivity index (χ2n) is 5.95. The van der Waals surface area contributed by atoms with Crippen LogP contribution in [0.5, 0.6) is 0 Å². The van der Waals surface area contributed by atoms with Crippen LogP contribution in [-0.2, 0) is 19.3 Å². The Morgan fingerprint density at radius 2 is 1.70 bits per heavy atom. The van der Waals surface area contributed by atoms with Crippen molar-refractivity contribution in [2.75, 3.05) is 16.8 Å². The fraction of sp³-hybridized carbons (Fsp3) is 0.263. The Morgan fingerprint density at radius 1 is 1.00 bits per heavy atom. The van der Waals surface area contributed by atoms with Gasteiger partial charge in [-0.1, -0.05) is 42.5 Å². The average Bonchev–Trinajstić information content (AvgIpc) is 3.14. The summed E-state index contributed by atoms with van der Waals surface area (Å²) in [4.78, 5) is 6.61. The number of benzene rings is 2. The fourth-order valence-electron chi connectivity index (χ4n) is 2.53. The summed E-state index contributed by atoms with van der Waals surface area (Å²) >= 11 is 1.30. The highest BCUT2D eigenvalue weighted by molar-refractivity contribution is 7.09. The molecule has 0 aliphatic heterocycles. The van der Waals surface area contributed by atoms with Crippen LogP contribution in [0, 0.1) is 0 Å². The summed E-state index contributed by atoms with van der Waals surface area (Å²) in [7, 11) is 0. The normalized spacial score (nSPS) is 11.4. The van der Waals surface area contributed by atoms with E-state index in [2.05, 4.69) is 38.6 Å². The highest BCUT2D eigenvalue weighted by Crippen LogP contribution is 2.29. The first-order valence-electron chi connectivity index (χ1n) is 8.48. The van der Waals surface area contributed by atoms with E-state index in [9.17, 15) is 13.2 Å². The van der Waals surface area contributed by atoms with Crippen molar-refractivity contribution in [1.82, 2.24) is 9.36 Å². The molecule has 1 heterocycles. The molecule has 0 spiro atoms. The van der Waals surface area contributed by atoms with Gasteiger partial charge in [0.25, 0.3) is 0 Å². The Balaban J connectivity index is 1.60. The lowest BCUT2D eigenvalue weighted by Gasteiger charge is -2.19. The number of anilines is 2. The van der Waals surface area contributed by atoms with Crippen molar-refractivity contribution in [2.45, 2.75) is 26.2 Å². The second kappa shape index (κ2) is 8.39. The van der Waals surface area contributed by atoms with Gasteiger partial charge < -0.3 is 10.2 Å². The lowest BCUT2D eigenvalue weighted by Crippen LogP contribution is -2.21. The molecule has 1 N–H and O–H groups in total. The summed E-state index contributed by atoms with van der Waals surface area (Å²) < 4.78 is 42.1. The smallest absolute Gasteiger partial charge is 0.349 e. The molecule has 0 aliphatic rings. The van der Waals surface area contributed by atoms with Crippen LogP contribution in [0.1, 0.15) is 23.6 Å². The predicted octanol–water partition coefficient (Wildman–Crippen LogP) is 5.20. The number of aromatic nitrogens is 2. The van der Waals surface area contributed by atoms with Gasteiger partial charge in [0.05, 0.1) is 5.56 Å². The van der Waals surface area contributed by atoms with Crippen LogP contribution in [0.15, 0.2) is 54.6 Å². The molecule has 2 aromatic carbocycles. The first-order chi connectivity index (χ1) is 13.0. The van der Waals surface area contributed by atoms with Crippen LogP contribution in [0.2, 0.25) is 0 Å². The highest BCUT2D eigenvalue weighted by atomic mass is 32.1. The molecule has 0 amide bonds. The lowest BCUT2D eigenvalue weighted by molar-refractivity contribution is -0.137. The zero-order chi connectivity index (χ0) is 19.3. The monoisotopic (exact) mass is 392 g/mol. The van der Waals surface area contributed by atoms with Crippen molar-refractivity contribution in [3.05, 3.63) is 71.3 Å². The van der Waals surface area contributed by atoms with Gasteiger partial charge in [-0.15, -0.1) is 0 Å². The summed E-state index contributed by atoms with van der Waals surface area (Å²) in [5.74, 6) is 0.474. The van der Waals surface area contributed by atoms with Crippen molar-refractivity contribution in [2.24, 2.45) is 0 Å². The van der Waals surface area contributed by atoms with Crippen molar-refractivity contribution >= 4 is 22.6 Å². The zero-order valence-electron chi connectivity index (χ0n) is 14.7. The highest BCUT2D eigenvalue weighted by Gasteiger charge is 2.29. The molecule has 142 valence electrons. The minimum absolute atomic E-state index is 0.360. The molecule has 8 heteroatoms. The number of hydrogen-bond acceptors (Lipinski definition) is 5. The molecule has 4 nitrogen and oxygen atoms in total. The number of nitrogens with one attached hydrogen (secondary N) is 1. The molecule has 0 aliphatic carbocycles. The molecule has 0 atom stereocenters. The van der Waals surface area contributed by atoms with Gasteiger partial charge in [-0.2, -0.15) is 22.5 Å². The predicted molar refractivity (Wildman–Crippen MR) is 102 cm³/mol. The van der Waals surface area contributed by atoms with Crippen LogP contribution in [0.3, 0.4) is 0 Å².